The van der Waals surface area contributed by atoms with E-state index in [9.17, 15) is 19.4 Å². The highest BCUT2D eigenvalue weighted by Gasteiger charge is 2.19. The maximum Gasteiger partial charge on any atom is 0.259 e. The van der Waals surface area contributed by atoms with Gasteiger partial charge in [0.1, 0.15) is 11.6 Å². The van der Waals surface area contributed by atoms with Gasteiger partial charge in [0, 0.05) is 11.8 Å². The molecular weight excluding hydrogens is 408 g/mol. The van der Waals surface area contributed by atoms with Crippen LogP contribution in [0.2, 0.25) is 10.2 Å². The largest absolute Gasteiger partial charge is 0.507 e. The number of aromatic nitrogens is 2. The van der Waals surface area contributed by atoms with Crippen molar-refractivity contribution in [3.05, 3.63) is 69.3 Å². The number of aliphatic hydroxyl groups is 1. The number of anilines is 1. The minimum atomic E-state index is -0.782. The number of amides is 1. The van der Waals surface area contributed by atoms with Gasteiger partial charge in [-0.15, -0.1) is 0 Å². The van der Waals surface area contributed by atoms with E-state index in [0.29, 0.717) is 5.56 Å². The Bertz CT molecular complexity index is 1060. The Morgan fingerprint density at radius 1 is 1.25 bits per heavy atom. The van der Waals surface area contributed by atoms with Gasteiger partial charge in [-0.05, 0) is 42.8 Å². The first-order valence-electron chi connectivity index (χ1n) is 8.03. The normalized spacial score (nSPS) is 10.8. The van der Waals surface area contributed by atoms with Crippen LogP contribution in [0.15, 0.2) is 36.5 Å². The molecule has 2 aromatic heterocycles. The number of phenols is 1. The number of carbonyl (C=O) groups is 1. The second kappa shape index (κ2) is 8.10. The Morgan fingerprint density at radius 3 is 2.68 bits per heavy atom. The van der Waals surface area contributed by atoms with Crippen LogP contribution in [-0.4, -0.2) is 26.1 Å². The predicted molar refractivity (Wildman–Crippen MR) is 104 cm³/mol. The third kappa shape index (κ3) is 3.91. The fraction of sp³-hybridized carbons (Fsp3) is 0.105. The monoisotopic (exact) mass is 421 g/mol. The first-order valence-corrected chi connectivity index (χ1v) is 8.79. The van der Waals surface area contributed by atoms with Crippen molar-refractivity contribution in [2.24, 2.45) is 0 Å². The zero-order chi connectivity index (χ0) is 20.4. The number of pyridine rings is 2. The zero-order valence-corrected chi connectivity index (χ0v) is 16.0. The van der Waals surface area contributed by atoms with Crippen LogP contribution in [0.25, 0.3) is 11.3 Å². The molecule has 0 saturated heterocycles. The smallest absolute Gasteiger partial charge is 0.259 e. The number of aromatic hydroxyl groups is 1. The molecule has 3 rings (SSSR count). The summed E-state index contributed by atoms with van der Waals surface area (Å²) in [7, 11) is 0. The molecule has 1 amide bonds. The second-order valence-electron chi connectivity index (χ2n) is 5.88. The lowest BCUT2D eigenvalue weighted by molar-refractivity contribution is 0.102. The molecule has 9 heteroatoms. The second-order valence-corrected chi connectivity index (χ2v) is 6.65. The molecule has 2 heterocycles. The number of carbonyl (C=O) groups excluding carboxylic acids is 1. The number of hydrogen-bond acceptors (Lipinski definition) is 5. The molecule has 3 aromatic rings. The maximum atomic E-state index is 14.6. The van der Waals surface area contributed by atoms with E-state index in [1.54, 1.807) is 13.0 Å². The van der Waals surface area contributed by atoms with Crippen LogP contribution in [-0.2, 0) is 6.61 Å². The highest BCUT2D eigenvalue weighted by molar-refractivity contribution is 6.33. The van der Waals surface area contributed by atoms with Gasteiger partial charge in [0.05, 0.1) is 34.3 Å². The average Bonchev–Trinajstić information content (AvgIpc) is 2.66. The van der Waals surface area contributed by atoms with Crippen molar-refractivity contribution in [2.45, 2.75) is 13.5 Å². The SMILES string of the molecule is Cc1ccnc(Cl)c1NC(=O)c1cc(F)c(-c2ccc(Cl)c(CO)n2)cc1O. The molecule has 0 spiro atoms. The van der Waals surface area contributed by atoms with Crippen molar-refractivity contribution in [1.82, 2.24) is 9.97 Å². The number of benzene rings is 1. The lowest BCUT2D eigenvalue weighted by Gasteiger charge is -2.12. The predicted octanol–water partition coefficient (Wildman–Crippen LogP) is 4.35. The van der Waals surface area contributed by atoms with Crippen LogP contribution in [0.3, 0.4) is 0 Å². The van der Waals surface area contributed by atoms with Crippen molar-refractivity contribution in [1.29, 1.82) is 0 Å². The van der Waals surface area contributed by atoms with E-state index in [2.05, 4.69) is 15.3 Å². The molecular formula is C19H14Cl2FN3O3. The fourth-order valence-electron chi connectivity index (χ4n) is 2.54. The number of halogens is 3. The topological polar surface area (TPSA) is 95.3 Å². The van der Waals surface area contributed by atoms with Gasteiger partial charge in [-0.2, -0.15) is 0 Å². The number of nitrogens with one attached hydrogen (secondary N) is 1. The van der Waals surface area contributed by atoms with Gasteiger partial charge < -0.3 is 15.5 Å². The minimum absolute atomic E-state index is 0.0454. The zero-order valence-electron chi connectivity index (χ0n) is 14.5. The molecule has 6 nitrogen and oxygen atoms in total. The van der Waals surface area contributed by atoms with Crippen LogP contribution in [0, 0.1) is 12.7 Å². The summed E-state index contributed by atoms with van der Waals surface area (Å²) in [4.78, 5) is 20.4. The summed E-state index contributed by atoms with van der Waals surface area (Å²) in [6.07, 6.45) is 1.49. The highest BCUT2D eigenvalue weighted by atomic mass is 35.5. The van der Waals surface area contributed by atoms with Gasteiger partial charge in [-0.3, -0.25) is 4.79 Å². The van der Waals surface area contributed by atoms with Crippen LogP contribution in [0.4, 0.5) is 10.1 Å². The molecule has 0 unspecified atom stereocenters. The molecule has 28 heavy (non-hydrogen) atoms. The molecule has 0 saturated carbocycles. The highest BCUT2D eigenvalue weighted by Crippen LogP contribution is 2.31. The molecule has 3 N–H and O–H groups in total. The van der Waals surface area contributed by atoms with E-state index in [4.69, 9.17) is 23.2 Å². The summed E-state index contributed by atoms with van der Waals surface area (Å²) in [6, 6.07) is 6.53. The lowest BCUT2D eigenvalue weighted by Crippen LogP contribution is -2.14. The summed E-state index contributed by atoms with van der Waals surface area (Å²) in [5, 5.41) is 22.4. The van der Waals surface area contributed by atoms with Gasteiger partial charge in [0.15, 0.2) is 5.15 Å². The van der Waals surface area contributed by atoms with E-state index < -0.39 is 24.1 Å². The molecule has 0 atom stereocenters. The first-order chi connectivity index (χ1) is 13.3. The molecule has 144 valence electrons. The molecule has 0 aliphatic heterocycles. The van der Waals surface area contributed by atoms with Gasteiger partial charge >= 0.3 is 0 Å². The van der Waals surface area contributed by atoms with Crippen molar-refractivity contribution < 1.29 is 19.4 Å². The molecule has 1 aromatic carbocycles. The van der Waals surface area contributed by atoms with Gasteiger partial charge in [0.2, 0.25) is 0 Å². The average molecular weight is 422 g/mol. The molecule has 0 aliphatic rings. The number of aryl methyl sites for hydroxylation is 1. The fourth-order valence-corrected chi connectivity index (χ4v) is 2.96. The summed E-state index contributed by atoms with van der Waals surface area (Å²) < 4.78 is 14.6. The van der Waals surface area contributed by atoms with Gasteiger partial charge in [-0.1, -0.05) is 23.2 Å². The van der Waals surface area contributed by atoms with Gasteiger partial charge in [0.25, 0.3) is 5.91 Å². The summed E-state index contributed by atoms with van der Waals surface area (Å²) >= 11 is 11.9. The standard InChI is InChI=1S/C19H14Cl2FN3O3/c1-9-4-5-23-18(21)17(9)25-19(28)11-6-13(22)10(7-16(11)27)14-3-2-12(20)15(8-26)24-14/h2-7,26-27H,8H2,1H3,(H,25,28). The van der Waals surface area contributed by atoms with Crippen molar-refractivity contribution in [2.75, 3.05) is 5.32 Å². The molecule has 0 fully saturated rings. The summed E-state index contributed by atoms with van der Waals surface area (Å²) in [5.74, 6) is -1.98. The van der Waals surface area contributed by atoms with E-state index in [1.165, 1.54) is 18.3 Å². The molecule has 0 radical (unpaired) electrons. The third-order valence-electron chi connectivity index (χ3n) is 4.03. The minimum Gasteiger partial charge on any atom is -0.507 e. The Labute approximate surface area is 169 Å². The van der Waals surface area contributed by atoms with Crippen molar-refractivity contribution in [3.63, 3.8) is 0 Å². The Morgan fingerprint density at radius 2 is 2.00 bits per heavy atom. The number of nitrogens with zero attached hydrogens (tertiary/aromatic N) is 2. The van der Waals surface area contributed by atoms with Crippen LogP contribution in [0.5, 0.6) is 5.75 Å². The summed E-state index contributed by atoms with van der Waals surface area (Å²) in [6.45, 7) is 1.30. The summed E-state index contributed by atoms with van der Waals surface area (Å²) in [5.41, 5.74) is 0.922. The Kier molecular flexibility index (Phi) is 5.79. The molecule has 0 aliphatic carbocycles. The first kappa shape index (κ1) is 20.0. The molecule has 0 bridgehead atoms. The van der Waals surface area contributed by atoms with Crippen LogP contribution in [0.1, 0.15) is 21.6 Å². The quantitative estimate of drug-likeness (QED) is 0.544. The van der Waals surface area contributed by atoms with E-state index >= 15 is 0 Å². The van der Waals surface area contributed by atoms with Crippen molar-refractivity contribution in [3.8, 4) is 17.0 Å². The lowest BCUT2D eigenvalue weighted by atomic mass is 10.0. The van der Waals surface area contributed by atoms with E-state index in [-0.39, 0.29) is 38.4 Å². The third-order valence-corrected chi connectivity index (χ3v) is 4.66. The number of hydrogen-bond donors (Lipinski definition) is 3. The van der Waals surface area contributed by atoms with E-state index in [0.717, 1.165) is 12.1 Å². The van der Waals surface area contributed by atoms with Crippen molar-refractivity contribution >= 4 is 34.8 Å². The Balaban J connectivity index is 1.97. The van der Waals surface area contributed by atoms with E-state index in [1.807, 2.05) is 0 Å². The van der Waals surface area contributed by atoms with Crippen LogP contribution < -0.4 is 5.32 Å². The van der Waals surface area contributed by atoms with Crippen LogP contribution >= 0.6 is 23.2 Å². The number of rotatable bonds is 4. The van der Waals surface area contributed by atoms with Gasteiger partial charge in [-0.25, -0.2) is 14.4 Å². The Hall–Kier alpha value is -2.74. The maximum absolute atomic E-state index is 14.6. The number of aliphatic hydroxyl groups excluding tert-OH is 1. The number of phenolic OH excluding ortho intramolecular Hbond substituents is 1.